The molecule has 0 aliphatic rings. The Hall–Kier alpha value is -0.200. The van der Waals surface area contributed by atoms with Crippen LogP contribution in [0.15, 0.2) is 0 Å². The summed E-state index contributed by atoms with van der Waals surface area (Å²) in [6.45, 7) is 7.52. The molecule has 0 atom stereocenters. The molecule has 0 rings (SSSR count). The van der Waals surface area contributed by atoms with Gasteiger partial charge < -0.3 is 5.73 Å². The summed E-state index contributed by atoms with van der Waals surface area (Å²) in [7, 11) is -3.33. The van der Waals surface area contributed by atoms with Crippen molar-refractivity contribution in [2.45, 2.75) is 38.9 Å². The average molecular weight is 252 g/mol. The minimum Gasteiger partial charge on any atom is -0.392 e. The summed E-state index contributed by atoms with van der Waals surface area (Å²) in [6.07, 6.45) is 0.748. The van der Waals surface area contributed by atoms with Gasteiger partial charge in [0.15, 0.2) is 0 Å². The van der Waals surface area contributed by atoms with E-state index in [0.717, 1.165) is 6.42 Å². The second kappa shape index (κ2) is 5.23. The van der Waals surface area contributed by atoms with Crippen LogP contribution in [0.4, 0.5) is 0 Å². The van der Waals surface area contributed by atoms with Gasteiger partial charge in [-0.25, -0.2) is 8.42 Å². The first-order chi connectivity index (χ1) is 6.63. The van der Waals surface area contributed by atoms with Crippen LogP contribution in [0.3, 0.4) is 0 Å². The molecular weight excluding hydrogens is 232 g/mol. The lowest BCUT2D eigenvalue weighted by molar-refractivity contribution is 0.428. The minimum absolute atomic E-state index is 0.128. The standard InChI is InChI=1S/C9H20N2O2S2/c1-5-6-11(7-8(10)14)15(12,13)9(2,3)4/h5-7H2,1-4H3,(H2,10,14). The molecule has 0 radical (unpaired) electrons. The highest BCUT2D eigenvalue weighted by molar-refractivity contribution is 7.90. The van der Waals surface area contributed by atoms with Gasteiger partial charge in [0.05, 0.1) is 16.3 Å². The van der Waals surface area contributed by atoms with Crippen LogP contribution in [-0.2, 0) is 10.0 Å². The van der Waals surface area contributed by atoms with E-state index in [1.807, 2.05) is 6.92 Å². The molecule has 0 unspecified atom stereocenters. The van der Waals surface area contributed by atoms with Crippen molar-refractivity contribution in [1.29, 1.82) is 0 Å². The summed E-state index contributed by atoms with van der Waals surface area (Å²) in [5, 5.41) is 0. The molecule has 0 aliphatic heterocycles. The zero-order valence-corrected chi connectivity index (χ0v) is 11.4. The van der Waals surface area contributed by atoms with Gasteiger partial charge in [-0.1, -0.05) is 19.1 Å². The lowest BCUT2D eigenvalue weighted by Gasteiger charge is -2.29. The highest BCUT2D eigenvalue weighted by Gasteiger charge is 2.34. The molecule has 0 spiro atoms. The molecule has 0 saturated carbocycles. The molecule has 6 heteroatoms. The summed E-state index contributed by atoms with van der Waals surface area (Å²) in [5.74, 6) is 0. The normalized spacial score (nSPS) is 13.1. The van der Waals surface area contributed by atoms with Gasteiger partial charge in [-0.05, 0) is 27.2 Å². The molecule has 0 aliphatic carbocycles. The first-order valence-electron chi connectivity index (χ1n) is 4.91. The summed E-state index contributed by atoms with van der Waals surface area (Å²) in [5.41, 5.74) is 5.39. The van der Waals surface area contributed by atoms with E-state index in [2.05, 4.69) is 0 Å². The van der Waals surface area contributed by atoms with Crippen molar-refractivity contribution >= 4 is 27.2 Å². The van der Waals surface area contributed by atoms with E-state index < -0.39 is 14.8 Å². The van der Waals surface area contributed by atoms with E-state index in [4.69, 9.17) is 18.0 Å². The molecule has 0 heterocycles. The second-order valence-corrected chi connectivity index (χ2v) is 7.63. The Morgan fingerprint density at radius 2 is 1.87 bits per heavy atom. The highest BCUT2D eigenvalue weighted by atomic mass is 32.2. The predicted octanol–water partition coefficient (Wildman–Crippen LogP) is 1.11. The largest absolute Gasteiger partial charge is 0.392 e. The van der Waals surface area contributed by atoms with Crippen molar-refractivity contribution < 1.29 is 8.42 Å². The van der Waals surface area contributed by atoms with Crippen molar-refractivity contribution in [3.8, 4) is 0 Å². The molecule has 0 fully saturated rings. The Kier molecular flexibility index (Phi) is 5.16. The van der Waals surface area contributed by atoms with Crippen LogP contribution in [0.5, 0.6) is 0 Å². The molecule has 0 saturated heterocycles. The molecular formula is C9H20N2O2S2. The second-order valence-electron chi connectivity index (χ2n) is 4.42. The third-order valence-corrected chi connectivity index (χ3v) is 4.59. The Labute approximate surface area is 97.9 Å². The number of sulfonamides is 1. The van der Waals surface area contributed by atoms with Crippen LogP contribution in [0.2, 0.25) is 0 Å². The lowest BCUT2D eigenvalue weighted by Crippen LogP contribution is -2.46. The van der Waals surface area contributed by atoms with Crippen LogP contribution >= 0.6 is 12.2 Å². The zero-order valence-electron chi connectivity index (χ0n) is 9.78. The van der Waals surface area contributed by atoms with Gasteiger partial charge in [0.25, 0.3) is 0 Å². The summed E-state index contributed by atoms with van der Waals surface area (Å²) >= 11 is 4.75. The number of thiocarbonyl (C=S) groups is 1. The van der Waals surface area contributed by atoms with E-state index in [-0.39, 0.29) is 11.5 Å². The van der Waals surface area contributed by atoms with Crippen LogP contribution in [0.25, 0.3) is 0 Å². The highest BCUT2D eigenvalue weighted by Crippen LogP contribution is 2.20. The smallest absolute Gasteiger partial charge is 0.219 e. The molecule has 0 bridgehead atoms. The fraction of sp³-hybridized carbons (Fsp3) is 0.889. The third-order valence-electron chi connectivity index (χ3n) is 1.92. The van der Waals surface area contributed by atoms with Crippen LogP contribution < -0.4 is 5.73 Å². The first-order valence-corrected chi connectivity index (χ1v) is 6.75. The maximum Gasteiger partial charge on any atom is 0.219 e. The van der Waals surface area contributed by atoms with E-state index in [9.17, 15) is 8.42 Å². The number of rotatable bonds is 5. The topological polar surface area (TPSA) is 63.4 Å². The van der Waals surface area contributed by atoms with Gasteiger partial charge in [0.1, 0.15) is 0 Å². The summed E-state index contributed by atoms with van der Waals surface area (Å²) in [4.78, 5) is 0.205. The molecule has 0 aromatic carbocycles. The number of hydrogen-bond acceptors (Lipinski definition) is 3. The molecule has 15 heavy (non-hydrogen) atoms. The molecule has 0 amide bonds. The predicted molar refractivity (Wildman–Crippen MR) is 67.3 cm³/mol. The van der Waals surface area contributed by atoms with E-state index in [0.29, 0.717) is 6.54 Å². The minimum atomic E-state index is -3.33. The van der Waals surface area contributed by atoms with Crippen molar-refractivity contribution in [2.24, 2.45) is 5.73 Å². The molecule has 0 aromatic rings. The Bertz CT molecular complexity index is 317. The van der Waals surface area contributed by atoms with Gasteiger partial charge >= 0.3 is 0 Å². The average Bonchev–Trinajstić information content (AvgIpc) is 2.00. The van der Waals surface area contributed by atoms with E-state index >= 15 is 0 Å². The Morgan fingerprint density at radius 3 is 2.13 bits per heavy atom. The van der Waals surface area contributed by atoms with Gasteiger partial charge in [-0.3, -0.25) is 0 Å². The van der Waals surface area contributed by atoms with E-state index in [1.165, 1.54) is 4.31 Å². The van der Waals surface area contributed by atoms with Crippen molar-refractivity contribution in [2.75, 3.05) is 13.1 Å². The van der Waals surface area contributed by atoms with Crippen molar-refractivity contribution in [1.82, 2.24) is 4.31 Å². The third kappa shape index (κ3) is 4.04. The molecule has 90 valence electrons. The fourth-order valence-corrected chi connectivity index (χ4v) is 2.84. The van der Waals surface area contributed by atoms with Crippen molar-refractivity contribution in [3.05, 3.63) is 0 Å². The van der Waals surface area contributed by atoms with Gasteiger partial charge in [0, 0.05) is 6.54 Å². The summed E-state index contributed by atoms with van der Waals surface area (Å²) < 4.78 is 24.7. The fourth-order valence-electron chi connectivity index (χ4n) is 1.09. The number of hydrogen-bond donors (Lipinski definition) is 1. The van der Waals surface area contributed by atoms with Crippen LogP contribution in [-0.4, -0.2) is 35.5 Å². The quantitative estimate of drug-likeness (QED) is 0.745. The summed E-state index contributed by atoms with van der Waals surface area (Å²) in [6, 6.07) is 0. The lowest BCUT2D eigenvalue weighted by atomic mass is 10.3. The zero-order chi connectivity index (χ0) is 12.3. The SMILES string of the molecule is CCCN(CC(N)=S)S(=O)(=O)C(C)(C)C. The maximum absolute atomic E-state index is 12.1. The van der Waals surface area contributed by atoms with Crippen molar-refractivity contribution in [3.63, 3.8) is 0 Å². The van der Waals surface area contributed by atoms with Gasteiger partial charge in [-0.2, -0.15) is 4.31 Å². The van der Waals surface area contributed by atoms with E-state index in [1.54, 1.807) is 20.8 Å². The van der Waals surface area contributed by atoms with Crippen LogP contribution in [0, 0.1) is 0 Å². The Morgan fingerprint density at radius 1 is 1.40 bits per heavy atom. The monoisotopic (exact) mass is 252 g/mol. The van der Waals surface area contributed by atoms with Gasteiger partial charge in [-0.15, -0.1) is 0 Å². The van der Waals surface area contributed by atoms with Crippen LogP contribution in [0.1, 0.15) is 34.1 Å². The molecule has 0 aromatic heterocycles. The number of nitrogens with two attached hydrogens (primary N) is 1. The molecule has 2 N–H and O–H groups in total. The number of nitrogens with zero attached hydrogens (tertiary/aromatic N) is 1. The molecule has 4 nitrogen and oxygen atoms in total. The maximum atomic E-state index is 12.1. The Balaban J connectivity index is 5.00. The first kappa shape index (κ1) is 14.8. The van der Waals surface area contributed by atoms with Gasteiger partial charge in [0.2, 0.25) is 10.0 Å².